The highest BCUT2D eigenvalue weighted by atomic mass is 16.1. The molecular weight excluding hydrogens is 260 g/mol. The van der Waals surface area contributed by atoms with Crippen molar-refractivity contribution in [2.45, 2.75) is 52.4 Å². The first-order valence-corrected chi connectivity index (χ1v) is 8.15. The Morgan fingerprint density at radius 3 is 2.67 bits per heavy atom. The second kappa shape index (κ2) is 4.06. The Morgan fingerprint density at radius 1 is 1.05 bits per heavy atom. The van der Waals surface area contributed by atoms with Gasteiger partial charge in [-0.3, -0.25) is 9.59 Å². The van der Waals surface area contributed by atoms with Crippen LogP contribution in [-0.2, 0) is 9.59 Å². The second-order valence-corrected chi connectivity index (χ2v) is 7.60. The van der Waals surface area contributed by atoms with Gasteiger partial charge in [0.2, 0.25) is 0 Å². The molecule has 2 heteroatoms. The fourth-order valence-electron chi connectivity index (χ4n) is 5.10. The van der Waals surface area contributed by atoms with Gasteiger partial charge >= 0.3 is 0 Å². The molecule has 3 unspecified atom stereocenters. The molecule has 4 aliphatic rings. The zero-order valence-corrected chi connectivity index (χ0v) is 12.9. The van der Waals surface area contributed by atoms with Gasteiger partial charge in [-0.25, -0.2) is 0 Å². The lowest BCUT2D eigenvalue weighted by Gasteiger charge is -2.47. The summed E-state index contributed by atoms with van der Waals surface area (Å²) in [6, 6.07) is 0. The van der Waals surface area contributed by atoms with E-state index in [1.54, 1.807) is 0 Å². The smallest absolute Gasteiger partial charge is 0.156 e. The van der Waals surface area contributed by atoms with E-state index < -0.39 is 0 Å². The zero-order valence-electron chi connectivity index (χ0n) is 12.9. The zero-order chi connectivity index (χ0) is 14.8. The number of hydrogen-bond donors (Lipinski definition) is 0. The quantitative estimate of drug-likeness (QED) is 0.674. The Morgan fingerprint density at radius 2 is 1.86 bits per heavy atom. The van der Waals surface area contributed by atoms with Crippen LogP contribution in [0.4, 0.5) is 0 Å². The first kappa shape index (κ1) is 13.2. The lowest BCUT2D eigenvalue weighted by Crippen LogP contribution is -2.39. The van der Waals surface area contributed by atoms with E-state index in [9.17, 15) is 9.59 Å². The van der Waals surface area contributed by atoms with Gasteiger partial charge < -0.3 is 0 Å². The van der Waals surface area contributed by atoms with Gasteiger partial charge in [0, 0.05) is 23.7 Å². The van der Waals surface area contributed by atoms with Gasteiger partial charge in [0.15, 0.2) is 5.78 Å². The van der Waals surface area contributed by atoms with Crippen molar-refractivity contribution in [3.8, 4) is 0 Å². The van der Waals surface area contributed by atoms with Crippen molar-refractivity contribution >= 4 is 11.6 Å². The topological polar surface area (TPSA) is 34.1 Å². The molecule has 2 nitrogen and oxygen atoms in total. The maximum Gasteiger partial charge on any atom is 0.156 e. The molecule has 21 heavy (non-hydrogen) atoms. The van der Waals surface area contributed by atoms with Crippen molar-refractivity contribution in [3.63, 3.8) is 0 Å². The van der Waals surface area contributed by atoms with Crippen LogP contribution in [0.1, 0.15) is 52.4 Å². The summed E-state index contributed by atoms with van der Waals surface area (Å²) in [4.78, 5) is 24.0. The van der Waals surface area contributed by atoms with Crippen LogP contribution in [0.3, 0.4) is 0 Å². The lowest BCUT2D eigenvalue weighted by molar-refractivity contribution is -0.126. The molecule has 0 aliphatic heterocycles. The highest BCUT2D eigenvalue weighted by molar-refractivity contribution is 5.93. The van der Waals surface area contributed by atoms with E-state index in [4.69, 9.17) is 0 Å². The summed E-state index contributed by atoms with van der Waals surface area (Å²) in [6.07, 6.45) is 11.5. The number of carbonyl (C=O) groups excluding carboxylic acids is 2. The summed E-state index contributed by atoms with van der Waals surface area (Å²) >= 11 is 0. The standard InChI is InChI=1S/C19H22O2/c1-18-9-7-13(20)11-12(18)3-4-14-15-5-6-17(21)19(15,2)10-8-16(14)18/h3-4,11,15H,5-10H2,1-2H3. The van der Waals surface area contributed by atoms with E-state index >= 15 is 0 Å². The van der Waals surface area contributed by atoms with E-state index in [1.165, 1.54) is 16.7 Å². The Hall–Kier alpha value is -1.44. The van der Waals surface area contributed by atoms with E-state index in [0.29, 0.717) is 18.1 Å². The molecule has 4 aliphatic carbocycles. The third-order valence-corrected chi connectivity index (χ3v) is 6.62. The molecule has 0 saturated heterocycles. The minimum absolute atomic E-state index is 0.0327. The van der Waals surface area contributed by atoms with E-state index in [-0.39, 0.29) is 16.6 Å². The van der Waals surface area contributed by atoms with Crippen LogP contribution in [0.15, 0.2) is 34.9 Å². The van der Waals surface area contributed by atoms with Crippen LogP contribution >= 0.6 is 0 Å². The molecule has 0 radical (unpaired) electrons. The summed E-state index contributed by atoms with van der Waals surface area (Å²) in [6.45, 7) is 4.46. The summed E-state index contributed by atoms with van der Waals surface area (Å²) in [5.41, 5.74) is 4.02. The average Bonchev–Trinajstić information content (AvgIpc) is 2.76. The number of hydrogen-bond acceptors (Lipinski definition) is 2. The maximum absolute atomic E-state index is 12.3. The first-order chi connectivity index (χ1) is 9.95. The minimum atomic E-state index is -0.134. The van der Waals surface area contributed by atoms with Crippen molar-refractivity contribution in [2.24, 2.45) is 16.7 Å². The number of allylic oxidation sites excluding steroid dienone is 6. The summed E-state index contributed by atoms with van der Waals surface area (Å²) in [5, 5.41) is 0. The normalized spacial score (nSPS) is 41.6. The lowest BCUT2D eigenvalue weighted by atomic mass is 9.56. The minimum Gasteiger partial charge on any atom is -0.299 e. The molecule has 1 saturated carbocycles. The Labute approximate surface area is 126 Å². The molecule has 0 N–H and O–H groups in total. The van der Waals surface area contributed by atoms with Crippen LogP contribution in [0, 0.1) is 16.7 Å². The molecule has 1 fully saturated rings. The van der Waals surface area contributed by atoms with Crippen LogP contribution in [-0.4, -0.2) is 11.6 Å². The van der Waals surface area contributed by atoms with Gasteiger partial charge in [0.05, 0.1) is 0 Å². The third-order valence-electron chi connectivity index (χ3n) is 6.62. The van der Waals surface area contributed by atoms with Crippen molar-refractivity contribution < 1.29 is 9.59 Å². The Kier molecular flexibility index (Phi) is 2.56. The van der Waals surface area contributed by atoms with Gasteiger partial charge in [0.25, 0.3) is 0 Å². The van der Waals surface area contributed by atoms with Crippen molar-refractivity contribution in [3.05, 3.63) is 34.9 Å². The molecule has 0 aromatic rings. The van der Waals surface area contributed by atoms with Gasteiger partial charge in [-0.2, -0.15) is 0 Å². The summed E-state index contributed by atoms with van der Waals surface area (Å²) in [5.74, 6) is 1.12. The first-order valence-electron chi connectivity index (χ1n) is 8.15. The molecule has 0 aromatic heterocycles. The van der Waals surface area contributed by atoms with Crippen molar-refractivity contribution in [1.82, 2.24) is 0 Å². The molecule has 110 valence electrons. The van der Waals surface area contributed by atoms with Crippen molar-refractivity contribution in [1.29, 1.82) is 0 Å². The van der Waals surface area contributed by atoms with Gasteiger partial charge in [-0.1, -0.05) is 31.6 Å². The van der Waals surface area contributed by atoms with E-state index in [0.717, 1.165) is 32.1 Å². The molecule has 4 rings (SSSR count). The van der Waals surface area contributed by atoms with Crippen LogP contribution in [0.5, 0.6) is 0 Å². The number of ketones is 2. The maximum atomic E-state index is 12.3. The largest absolute Gasteiger partial charge is 0.299 e. The van der Waals surface area contributed by atoms with Crippen LogP contribution < -0.4 is 0 Å². The number of fused-ring (bicyclic) bond motifs is 4. The number of Topliss-reactive ketones (excluding diaryl/α,β-unsaturated/α-hetero) is 1. The third kappa shape index (κ3) is 1.59. The fraction of sp³-hybridized carbons (Fsp3) is 0.579. The number of rotatable bonds is 0. The summed E-state index contributed by atoms with van der Waals surface area (Å²) < 4.78 is 0. The van der Waals surface area contributed by atoms with Crippen LogP contribution in [0.2, 0.25) is 0 Å². The summed E-state index contributed by atoms with van der Waals surface area (Å²) in [7, 11) is 0. The van der Waals surface area contributed by atoms with Gasteiger partial charge in [-0.05, 0) is 48.8 Å². The highest BCUT2D eigenvalue weighted by Gasteiger charge is 2.52. The predicted molar refractivity (Wildman–Crippen MR) is 81.7 cm³/mol. The average molecular weight is 282 g/mol. The molecule has 0 spiro atoms. The second-order valence-electron chi connectivity index (χ2n) is 7.60. The monoisotopic (exact) mass is 282 g/mol. The van der Waals surface area contributed by atoms with E-state index in [2.05, 4.69) is 26.0 Å². The molecule has 0 bridgehead atoms. The van der Waals surface area contributed by atoms with Gasteiger partial charge in [-0.15, -0.1) is 0 Å². The molecular formula is C19H22O2. The molecule has 3 atom stereocenters. The SMILES string of the molecule is CC12CCC(=O)C=C1C=CC1=C2CCC2(C)C(=O)CCC12. The molecule has 0 amide bonds. The fourth-order valence-corrected chi connectivity index (χ4v) is 5.10. The van der Waals surface area contributed by atoms with Crippen LogP contribution in [0.25, 0.3) is 0 Å². The Balaban J connectivity index is 1.84. The number of carbonyl (C=O) groups is 2. The molecule has 0 aromatic carbocycles. The molecule has 0 heterocycles. The van der Waals surface area contributed by atoms with Crippen molar-refractivity contribution in [2.75, 3.05) is 0 Å². The highest BCUT2D eigenvalue weighted by Crippen LogP contribution is 2.59. The van der Waals surface area contributed by atoms with Gasteiger partial charge in [0.1, 0.15) is 5.78 Å². The van der Waals surface area contributed by atoms with E-state index in [1.807, 2.05) is 6.08 Å². The predicted octanol–water partition coefficient (Wildman–Crippen LogP) is 3.93. The Bertz CT molecular complexity index is 648.